The Morgan fingerprint density at radius 2 is 1.92 bits per heavy atom. The molecule has 4 heterocycles. The first-order chi connectivity index (χ1) is 12.7. The van der Waals surface area contributed by atoms with E-state index in [0.717, 1.165) is 55.3 Å². The molecule has 140 valence electrons. The van der Waals surface area contributed by atoms with E-state index in [0.29, 0.717) is 11.6 Å². The summed E-state index contributed by atoms with van der Waals surface area (Å²) in [5.74, 6) is 0.383. The standard InChI is InChI=1S/C20H28N4O2/c25-20(22-26)14-9-15-11-23(8-7-18(15)21-10-14)12-19-13-1-3-16(4-2-13)24(19)17-5-6-17/h9-10,13,16-17,19,26H,1-8,11-12H2,(H,22,25)/t13?,16?,19-/m0/s1. The second-order valence-electron chi connectivity index (χ2n) is 8.57. The Balaban J connectivity index is 1.32. The Hall–Kier alpha value is -1.50. The Bertz CT molecular complexity index is 697. The number of hydrogen-bond donors (Lipinski definition) is 2. The van der Waals surface area contributed by atoms with Gasteiger partial charge in [-0.2, -0.15) is 0 Å². The van der Waals surface area contributed by atoms with Crippen LogP contribution >= 0.6 is 0 Å². The topological polar surface area (TPSA) is 68.7 Å². The van der Waals surface area contributed by atoms with E-state index in [1.807, 2.05) is 6.07 Å². The van der Waals surface area contributed by atoms with Gasteiger partial charge in [-0.25, -0.2) is 5.48 Å². The molecule has 0 aromatic carbocycles. The van der Waals surface area contributed by atoms with Crippen molar-refractivity contribution in [2.75, 3.05) is 13.1 Å². The fourth-order valence-electron chi connectivity index (χ4n) is 5.58. The van der Waals surface area contributed by atoms with Crippen LogP contribution in [0.25, 0.3) is 0 Å². The van der Waals surface area contributed by atoms with Crippen LogP contribution in [0, 0.1) is 5.92 Å². The third-order valence-corrected chi connectivity index (χ3v) is 6.99. The number of aromatic nitrogens is 1. The highest BCUT2D eigenvalue weighted by molar-refractivity contribution is 5.93. The summed E-state index contributed by atoms with van der Waals surface area (Å²) in [6.07, 6.45) is 10.9. The number of nitrogens with one attached hydrogen (secondary N) is 1. The van der Waals surface area contributed by atoms with E-state index in [9.17, 15) is 4.79 Å². The number of amides is 1. The van der Waals surface area contributed by atoms with Gasteiger partial charge in [-0.15, -0.1) is 0 Å². The van der Waals surface area contributed by atoms with Crippen molar-refractivity contribution in [3.63, 3.8) is 0 Å². The van der Waals surface area contributed by atoms with Gasteiger partial charge in [-0.1, -0.05) is 0 Å². The maximum atomic E-state index is 11.7. The van der Waals surface area contributed by atoms with Gasteiger partial charge in [0.15, 0.2) is 0 Å². The van der Waals surface area contributed by atoms with Crippen LogP contribution in [0.2, 0.25) is 0 Å². The van der Waals surface area contributed by atoms with Crippen LogP contribution in [-0.4, -0.2) is 57.1 Å². The molecule has 3 aliphatic heterocycles. The van der Waals surface area contributed by atoms with Gasteiger partial charge in [0.2, 0.25) is 0 Å². The quantitative estimate of drug-likeness (QED) is 0.638. The zero-order valence-electron chi connectivity index (χ0n) is 15.2. The number of pyridine rings is 1. The maximum Gasteiger partial charge on any atom is 0.276 e. The lowest BCUT2D eigenvalue weighted by Crippen LogP contribution is -2.59. The summed E-state index contributed by atoms with van der Waals surface area (Å²) in [6, 6.07) is 4.29. The van der Waals surface area contributed by atoms with Crippen molar-refractivity contribution in [2.24, 2.45) is 5.92 Å². The molecule has 1 amide bonds. The lowest BCUT2D eigenvalue weighted by Gasteiger charge is -2.53. The second kappa shape index (κ2) is 6.59. The Morgan fingerprint density at radius 1 is 1.19 bits per heavy atom. The predicted octanol–water partition coefficient (Wildman–Crippen LogP) is 1.96. The molecule has 0 spiro atoms. The summed E-state index contributed by atoms with van der Waals surface area (Å²) in [6.45, 7) is 3.06. The summed E-state index contributed by atoms with van der Waals surface area (Å²) in [5.41, 5.74) is 4.38. The van der Waals surface area contributed by atoms with E-state index in [4.69, 9.17) is 5.21 Å². The first-order valence-corrected chi connectivity index (χ1v) is 10.1. The minimum absolute atomic E-state index is 0.435. The van der Waals surface area contributed by atoms with Crippen molar-refractivity contribution in [3.05, 3.63) is 29.1 Å². The summed E-state index contributed by atoms with van der Waals surface area (Å²) in [5, 5.41) is 8.86. The van der Waals surface area contributed by atoms with E-state index in [1.165, 1.54) is 38.5 Å². The largest absolute Gasteiger partial charge is 0.297 e. The van der Waals surface area contributed by atoms with Crippen LogP contribution in [-0.2, 0) is 13.0 Å². The molecule has 0 unspecified atom stereocenters. The molecule has 6 rings (SSSR count). The molecule has 2 N–H and O–H groups in total. The number of carbonyl (C=O) groups is 1. The minimum atomic E-state index is -0.484. The molecule has 6 heteroatoms. The molecule has 2 bridgehead atoms. The first kappa shape index (κ1) is 16.7. The summed E-state index contributed by atoms with van der Waals surface area (Å²) < 4.78 is 0. The van der Waals surface area contributed by atoms with Crippen molar-refractivity contribution in [2.45, 2.75) is 69.6 Å². The van der Waals surface area contributed by atoms with E-state index >= 15 is 0 Å². The van der Waals surface area contributed by atoms with Gasteiger partial charge in [0.05, 0.1) is 5.56 Å². The number of fused-ring (bicyclic) bond motifs is 4. The molecular weight excluding hydrogens is 328 g/mol. The number of carbonyl (C=O) groups excluding carboxylic acids is 1. The van der Waals surface area contributed by atoms with E-state index in [2.05, 4.69) is 14.8 Å². The maximum absolute atomic E-state index is 11.7. The molecule has 6 nitrogen and oxygen atoms in total. The normalized spacial score (nSPS) is 31.7. The molecule has 1 atom stereocenters. The third-order valence-electron chi connectivity index (χ3n) is 6.99. The number of nitrogens with zero attached hydrogens (tertiary/aromatic N) is 3. The fraction of sp³-hybridized carbons (Fsp3) is 0.700. The summed E-state index contributed by atoms with van der Waals surface area (Å²) in [4.78, 5) is 21.6. The average molecular weight is 356 g/mol. The molecule has 26 heavy (non-hydrogen) atoms. The van der Waals surface area contributed by atoms with Crippen molar-refractivity contribution >= 4 is 5.91 Å². The van der Waals surface area contributed by atoms with Gasteiger partial charge in [0, 0.05) is 56.1 Å². The van der Waals surface area contributed by atoms with Gasteiger partial charge in [0.1, 0.15) is 0 Å². The van der Waals surface area contributed by atoms with E-state index < -0.39 is 5.91 Å². The molecule has 1 aromatic rings. The minimum Gasteiger partial charge on any atom is -0.297 e. The zero-order valence-corrected chi connectivity index (χ0v) is 15.2. The van der Waals surface area contributed by atoms with Gasteiger partial charge in [0.25, 0.3) is 5.91 Å². The SMILES string of the molecule is O=C(NO)c1cnc2c(c1)CN(C[C@H]1C3CCC(CC3)N1C1CC1)CC2. The van der Waals surface area contributed by atoms with Crippen molar-refractivity contribution < 1.29 is 10.0 Å². The number of piperidine rings is 2. The lowest BCUT2D eigenvalue weighted by atomic mass is 9.74. The fourth-order valence-corrected chi connectivity index (χ4v) is 5.58. The smallest absolute Gasteiger partial charge is 0.276 e. The van der Waals surface area contributed by atoms with Crippen molar-refractivity contribution in [1.29, 1.82) is 0 Å². The predicted molar refractivity (Wildman–Crippen MR) is 96.9 cm³/mol. The molecular formula is C20H28N4O2. The molecule has 0 radical (unpaired) electrons. The van der Waals surface area contributed by atoms with Crippen LogP contribution in [0.4, 0.5) is 0 Å². The monoisotopic (exact) mass is 356 g/mol. The van der Waals surface area contributed by atoms with E-state index in [-0.39, 0.29) is 0 Å². The molecule has 2 saturated heterocycles. The number of hydroxylamine groups is 1. The van der Waals surface area contributed by atoms with Crippen LogP contribution in [0.15, 0.2) is 12.3 Å². The Kier molecular flexibility index (Phi) is 4.22. The molecule has 4 fully saturated rings. The van der Waals surface area contributed by atoms with Gasteiger partial charge < -0.3 is 0 Å². The van der Waals surface area contributed by atoms with Crippen LogP contribution in [0.1, 0.15) is 60.1 Å². The Labute approximate surface area is 154 Å². The summed E-state index contributed by atoms with van der Waals surface area (Å²) in [7, 11) is 0. The lowest BCUT2D eigenvalue weighted by molar-refractivity contribution is -0.0354. The molecule has 2 aliphatic carbocycles. The second-order valence-corrected chi connectivity index (χ2v) is 8.57. The van der Waals surface area contributed by atoms with Crippen LogP contribution < -0.4 is 5.48 Å². The molecule has 2 saturated carbocycles. The van der Waals surface area contributed by atoms with Crippen molar-refractivity contribution in [3.8, 4) is 0 Å². The van der Waals surface area contributed by atoms with Crippen molar-refractivity contribution in [1.82, 2.24) is 20.3 Å². The number of rotatable bonds is 4. The third kappa shape index (κ3) is 2.94. The molecule has 1 aromatic heterocycles. The Morgan fingerprint density at radius 3 is 2.62 bits per heavy atom. The highest BCUT2D eigenvalue weighted by Crippen LogP contribution is 2.45. The zero-order chi connectivity index (χ0) is 17.7. The number of hydrogen-bond acceptors (Lipinski definition) is 5. The van der Waals surface area contributed by atoms with Crippen LogP contribution in [0.5, 0.6) is 0 Å². The highest BCUT2D eigenvalue weighted by Gasteiger charge is 2.47. The first-order valence-electron chi connectivity index (χ1n) is 10.1. The van der Waals surface area contributed by atoms with Gasteiger partial charge in [-0.3, -0.25) is 24.8 Å². The average Bonchev–Trinajstić information content (AvgIpc) is 3.52. The van der Waals surface area contributed by atoms with E-state index in [1.54, 1.807) is 11.7 Å². The summed E-state index contributed by atoms with van der Waals surface area (Å²) >= 11 is 0. The van der Waals surface area contributed by atoms with Gasteiger partial charge >= 0.3 is 0 Å². The molecule has 5 aliphatic rings. The van der Waals surface area contributed by atoms with Gasteiger partial charge in [-0.05, 0) is 56.1 Å². The highest BCUT2D eigenvalue weighted by atomic mass is 16.5. The van der Waals surface area contributed by atoms with Crippen LogP contribution in [0.3, 0.4) is 0 Å².